The SMILES string of the molecule is COc1ncc(-c2ccc3nccc(N4CCNCC4)c3c2)cc1NS(=O)(=O)c1sc(C)nc1C.O=C(O)C(F)(F)F. The molecule has 0 amide bonds. The lowest BCUT2D eigenvalue weighted by atomic mass is 10.0. The van der Waals surface area contributed by atoms with Gasteiger partial charge in [-0.2, -0.15) is 13.2 Å². The lowest BCUT2D eigenvalue weighted by Gasteiger charge is -2.30. The first-order valence-electron chi connectivity index (χ1n) is 12.5. The zero-order valence-corrected chi connectivity index (χ0v) is 24.3. The van der Waals surface area contributed by atoms with Crippen molar-refractivity contribution in [2.24, 2.45) is 0 Å². The second-order valence-corrected chi connectivity index (χ2v) is 12.2. The Bertz CT molecular complexity index is 1710. The summed E-state index contributed by atoms with van der Waals surface area (Å²) in [7, 11) is -2.39. The molecule has 0 atom stereocenters. The number of sulfonamides is 1. The Labute approximate surface area is 243 Å². The lowest BCUT2D eigenvalue weighted by Crippen LogP contribution is -2.43. The number of carboxylic acids is 1. The molecule has 11 nitrogen and oxygen atoms in total. The van der Waals surface area contributed by atoms with Gasteiger partial charge in [-0.15, -0.1) is 11.3 Å². The Morgan fingerprint density at radius 3 is 2.40 bits per heavy atom. The van der Waals surface area contributed by atoms with Crippen molar-refractivity contribution < 1.29 is 36.2 Å². The summed E-state index contributed by atoms with van der Waals surface area (Å²) in [6, 6.07) is 9.82. The quantitative estimate of drug-likeness (QED) is 0.285. The van der Waals surface area contributed by atoms with Crippen LogP contribution >= 0.6 is 11.3 Å². The number of aryl methyl sites for hydroxylation is 2. The van der Waals surface area contributed by atoms with E-state index in [4.69, 9.17) is 14.6 Å². The smallest absolute Gasteiger partial charge is 0.480 e. The summed E-state index contributed by atoms with van der Waals surface area (Å²) in [6.07, 6.45) is -1.56. The van der Waals surface area contributed by atoms with Gasteiger partial charge >= 0.3 is 12.1 Å². The number of ether oxygens (including phenoxy) is 1. The number of carbonyl (C=O) groups is 1. The monoisotopic (exact) mass is 624 g/mol. The van der Waals surface area contributed by atoms with E-state index in [1.165, 1.54) is 7.11 Å². The number of hydrogen-bond donors (Lipinski definition) is 3. The average molecular weight is 625 g/mol. The highest BCUT2D eigenvalue weighted by atomic mass is 32.2. The zero-order chi connectivity index (χ0) is 30.7. The first-order chi connectivity index (χ1) is 19.8. The second-order valence-electron chi connectivity index (χ2n) is 9.09. The summed E-state index contributed by atoms with van der Waals surface area (Å²) in [5.74, 6) is -2.56. The number of rotatable bonds is 6. The number of fused-ring (bicyclic) bond motifs is 1. The van der Waals surface area contributed by atoms with Gasteiger partial charge in [0.1, 0.15) is 5.69 Å². The largest absolute Gasteiger partial charge is 0.490 e. The number of pyridine rings is 2. The molecule has 3 aromatic heterocycles. The number of aliphatic carboxylic acids is 1. The third-order valence-electron chi connectivity index (χ3n) is 6.15. The summed E-state index contributed by atoms with van der Waals surface area (Å²) < 4.78 is 66.1. The van der Waals surface area contributed by atoms with E-state index in [0.717, 1.165) is 65.2 Å². The average Bonchev–Trinajstić information content (AvgIpc) is 3.31. The van der Waals surface area contributed by atoms with Gasteiger partial charge in [0, 0.05) is 55.2 Å². The number of hydrogen-bond acceptors (Lipinski definition) is 10. The highest BCUT2D eigenvalue weighted by molar-refractivity contribution is 7.94. The number of alkyl halides is 3. The minimum atomic E-state index is -5.08. The number of methoxy groups -OCH3 is 1. The van der Waals surface area contributed by atoms with Crippen LogP contribution in [0.3, 0.4) is 0 Å². The van der Waals surface area contributed by atoms with E-state index in [-0.39, 0.29) is 15.8 Å². The number of carboxylic acid groups (broad SMARTS) is 1. The summed E-state index contributed by atoms with van der Waals surface area (Å²) >= 11 is 1.13. The van der Waals surface area contributed by atoms with Gasteiger partial charge in [0.25, 0.3) is 10.0 Å². The van der Waals surface area contributed by atoms with Gasteiger partial charge in [-0.3, -0.25) is 9.71 Å². The van der Waals surface area contributed by atoms with Crippen LogP contribution in [-0.4, -0.2) is 73.9 Å². The van der Waals surface area contributed by atoms with Crippen LogP contribution in [0.15, 0.2) is 46.9 Å². The fourth-order valence-corrected chi connectivity index (χ4v) is 6.82. The van der Waals surface area contributed by atoms with Crippen LogP contribution in [0.25, 0.3) is 22.0 Å². The molecule has 1 aliphatic heterocycles. The maximum atomic E-state index is 13.1. The third kappa shape index (κ3) is 7.06. The van der Waals surface area contributed by atoms with Crippen LogP contribution in [0.5, 0.6) is 5.88 Å². The molecule has 0 spiro atoms. The van der Waals surface area contributed by atoms with E-state index in [2.05, 4.69) is 36.0 Å². The predicted molar refractivity (Wildman–Crippen MR) is 153 cm³/mol. The molecule has 0 unspecified atom stereocenters. The molecule has 42 heavy (non-hydrogen) atoms. The number of nitrogens with zero attached hydrogens (tertiary/aromatic N) is 4. The summed E-state index contributed by atoms with van der Waals surface area (Å²) in [6.45, 7) is 7.19. The molecule has 0 aliphatic carbocycles. The summed E-state index contributed by atoms with van der Waals surface area (Å²) in [4.78, 5) is 24.4. The molecule has 5 rings (SSSR count). The number of aromatic nitrogens is 3. The Kier molecular flexibility index (Phi) is 9.18. The molecule has 0 radical (unpaired) electrons. The van der Waals surface area contributed by atoms with Crippen LogP contribution in [0, 0.1) is 13.8 Å². The Morgan fingerprint density at radius 1 is 1.12 bits per heavy atom. The van der Waals surface area contributed by atoms with Crippen molar-refractivity contribution in [3.8, 4) is 17.0 Å². The fraction of sp³-hybridized carbons (Fsp3) is 0.308. The van der Waals surface area contributed by atoms with Crippen LogP contribution in [0.4, 0.5) is 24.5 Å². The van der Waals surface area contributed by atoms with E-state index in [1.807, 2.05) is 24.4 Å². The van der Waals surface area contributed by atoms with E-state index >= 15 is 0 Å². The fourth-order valence-electron chi connectivity index (χ4n) is 4.29. The van der Waals surface area contributed by atoms with Crippen LogP contribution in [0.2, 0.25) is 0 Å². The molecule has 1 aliphatic rings. The zero-order valence-electron chi connectivity index (χ0n) is 22.7. The molecule has 1 fully saturated rings. The minimum Gasteiger partial charge on any atom is -0.480 e. The minimum absolute atomic E-state index is 0.180. The van der Waals surface area contributed by atoms with Crippen LogP contribution in [0.1, 0.15) is 10.7 Å². The first-order valence-corrected chi connectivity index (χ1v) is 14.8. The van der Waals surface area contributed by atoms with Gasteiger partial charge in [-0.1, -0.05) is 6.07 Å². The lowest BCUT2D eigenvalue weighted by molar-refractivity contribution is -0.192. The van der Waals surface area contributed by atoms with Crippen molar-refractivity contribution in [2.75, 3.05) is 42.9 Å². The van der Waals surface area contributed by atoms with Crippen LogP contribution in [-0.2, 0) is 14.8 Å². The number of anilines is 2. The van der Waals surface area contributed by atoms with Gasteiger partial charge in [0.15, 0.2) is 4.21 Å². The van der Waals surface area contributed by atoms with Crippen molar-refractivity contribution >= 4 is 49.6 Å². The van der Waals surface area contributed by atoms with Crippen molar-refractivity contribution in [1.29, 1.82) is 0 Å². The normalized spacial score (nSPS) is 13.8. The molecule has 1 saturated heterocycles. The van der Waals surface area contributed by atoms with Crippen molar-refractivity contribution in [3.05, 3.63) is 53.4 Å². The predicted octanol–water partition coefficient (Wildman–Crippen LogP) is 4.22. The number of benzene rings is 1. The molecular formula is C26H27F3N6O5S2. The van der Waals surface area contributed by atoms with E-state index < -0.39 is 22.2 Å². The Balaban J connectivity index is 0.000000517. The van der Waals surface area contributed by atoms with Gasteiger partial charge in [-0.05, 0) is 43.7 Å². The molecule has 0 saturated carbocycles. The highest BCUT2D eigenvalue weighted by Crippen LogP contribution is 2.34. The standard InChI is InChI=1S/C24H26N6O3S2.C2HF3O2/c1-15-24(34-16(2)28-15)35(31,32)29-21-13-18(14-27-23(21)33-3)17-4-5-20-19(12-17)22(6-7-26-20)30-10-8-25-9-11-30;3-2(4,5)1(6)7/h4-7,12-14,25,29H,8-11H2,1-3H3;(H,6,7). The Hall–Kier alpha value is -4.02. The molecule has 0 bridgehead atoms. The molecule has 4 aromatic rings. The third-order valence-corrected chi connectivity index (χ3v) is 9.19. The maximum absolute atomic E-state index is 13.1. The summed E-state index contributed by atoms with van der Waals surface area (Å²) in [5.41, 5.74) is 4.44. The molecule has 224 valence electrons. The number of nitrogens with one attached hydrogen (secondary N) is 2. The number of halogens is 3. The Morgan fingerprint density at radius 2 is 1.81 bits per heavy atom. The van der Waals surface area contributed by atoms with Crippen LogP contribution < -0.4 is 19.7 Å². The van der Waals surface area contributed by atoms with E-state index in [1.54, 1.807) is 26.1 Å². The van der Waals surface area contributed by atoms with E-state index in [9.17, 15) is 21.6 Å². The first kappa shape index (κ1) is 30.9. The van der Waals surface area contributed by atoms with Gasteiger partial charge in [-0.25, -0.2) is 23.2 Å². The van der Waals surface area contributed by atoms with Gasteiger partial charge in [0.2, 0.25) is 5.88 Å². The van der Waals surface area contributed by atoms with Gasteiger partial charge < -0.3 is 20.1 Å². The number of thiazole rings is 1. The van der Waals surface area contributed by atoms with Gasteiger partial charge in [0.05, 0.1) is 23.3 Å². The summed E-state index contributed by atoms with van der Waals surface area (Å²) in [5, 5.41) is 12.2. The second kappa shape index (κ2) is 12.5. The number of piperazine rings is 1. The maximum Gasteiger partial charge on any atom is 0.490 e. The van der Waals surface area contributed by atoms with Crippen molar-refractivity contribution in [3.63, 3.8) is 0 Å². The molecule has 4 heterocycles. The topological polar surface area (TPSA) is 147 Å². The van der Waals surface area contributed by atoms with Crippen molar-refractivity contribution in [1.82, 2.24) is 20.3 Å². The highest BCUT2D eigenvalue weighted by Gasteiger charge is 2.38. The van der Waals surface area contributed by atoms with Crippen molar-refractivity contribution in [2.45, 2.75) is 24.2 Å². The molecule has 16 heteroatoms. The molecular weight excluding hydrogens is 597 g/mol. The van der Waals surface area contributed by atoms with E-state index in [0.29, 0.717) is 10.7 Å². The molecule has 3 N–H and O–H groups in total. The molecule has 1 aromatic carbocycles.